The van der Waals surface area contributed by atoms with Gasteiger partial charge in [-0.1, -0.05) is 18.6 Å². The summed E-state index contributed by atoms with van der Waals surface area (Å²) in [7, 11) is 0. The molecule has 4 rings (SSSR count). The highest BCUT2D eigenvalue weighted by molar-refractivity contribution is 5.48. The minimum atomic E-state index is -0.166. The summed E-state index contributed by atoms with van der Waals surface area (Å²) in [5.41, 5.74) is 3.60. The Kier molecular flexibility index (Phi) is 4.43. The molecule has 1 saturated carbocycles. The third-order valence-corrected chi connectivity index (χ3v) is 5.27. The molecule has 5 heteroatoms. The van der Waals surface area contributed by atoms with Crippen molar-refractivity contribution in [1.29, 1.82) is 0 Å². The Morgan fingerprint density at radius 2 is 2.04 bits per heavy atom. The van der Waals surface area contributed by atoms with Crippen molar-refractivity contribution in [2.24, 2.45) is 5.92 Å². The van der Waals surface area contributed by atoms with Crippen LogP contribution in [-0.2, 0) is 19.4 Å². The number of hydrogen-bond acceptors (Lipinski definition) is 4. The number of rotatable bonds is 4. The summed E-state index contributed by atoms with van der Waals surface area (Å²) in [6.45, 7) is 1.81. The second-order valence-corrected chi connectivity index (χ2v) is 6.85. The molecule has 24 heavy (non-hydrogen) atoms. The van der Waals surface area contributed by atoms with E-state index in [1.165, 1.54) is 30.4 Å². The van der Waals surface area contributed by atoms with Crippen LogP contribution in [0, 0.1) is 11.7 Å². The van der Waals surface area contributed by atoms with Crippen LogP contribution in [0.4, 0.5) is 10.2 Å². The number of aromatic nitrogens is 2. The van der Waals surface area contributed by atoms with Gasteiger partial charge in [-0.15, -0.1) is 0 Å². The van der Waals surface area contributed by atoms with Crippen LogP contribution in [0.5, 0.6) is 0 Å². The van der Waals surface area contributed by atoms with Crippen LogP contribution in [-0.4, -0.2) is 22.6 Å². The Morgan fingerprint density at radius 1 is 1.17 bits per heavy atom. The minimum absolute atomic E-state index is 0.166. The van der Waals surface area contributed by atoms with Crippen molar-refractivity contribution in [3.8, 4) is 0 Å². The maximum absolute atomic E-state index is 13.1. The monoisotopic (exact) mass is 326 g/mol. The van der Waals surface area contributed by atoms with Crippen LogP contribution in [0.25, 0.3) is 0 Å². The quantitative estimate of drug-likeness (QED) is 0.906. The summed E-state index contributed by atoms with van der Waals surface area (Å²) in [6.07, 6.45) is 7.25. The molecule has 1 aromatic carbocycles. The first-order chi connectivity index (χ1) is 11.8. The lowest BCUT2D eigenvalue weighted by atomic mass is 9.94. The van der Waals surface area contributed by atoms with Crippen molar-refractivity contribution in [1.82, 2.24) is 15.3 Å². The topological polar surface area (TPSA) is 49.8 Å². The van der Waals surface area contributed by atoms with Crippen molar-refractivity contribution in [3.05, 3.63) is 53.2 Å². The number of nitrogens with one attached hydrogen (secondary N) is 2. The molecule has 2 atom stereocenters. The zero-order chi connectivity index (χ0) is 16.4. The van der Waals surface area contributed by atoms with Crippen LogP contribution in [0.3, 0.4) is 0 Å². The van der Waals surface area contributed by atoms with E-state index in [9.17, 15) is 4.39 Å². The van der Waals surface area contributed by atoms with Crippen molar-refractivity contribution in [2.45, 2.75) is 44.7 Å². The van der Waals surface area contributed by atoms with Crippen molar-refractivity contribution >= 4 is 5.82 Å². The van der Waals surface area contributed by atoms with E-state index < -0.39 is 0 Å². The van der Waals surface area contributed by atoms with Gasteiger partial charge in [-0.3, -0.25) is 0 Å². The molecule has 0 saturated heterocycles. The Balaban J connectivity index is 1.48. The summed E-state index contributed by atoms with van der Waals surface area (Å²) >= 11 is 0. The van der Waals surface area contributed by atoms with E-state index >= 15 is 0 Å². The lowest BCUT2D eigenvalue weighted by Crippen LogP contribution is -2.30. The summed E-state index contributed by atoms with van der Waals surface area (Å²) < 4.78 is 13.1. The molecule has 0 amide bonds. The van der Waals surface area contributed by atoms with Crippen LogP contribution < -0.4 is 10.6 Å². The highest BCUT2D eigenvalue weighted by Gasteiger charge is 2.28. The van der Waals surface area contributed by atoms with Crippen molar-refractivity contribution in [2.75, 3.05) is 11.9 Å². The summed E-state index contributed by atoms with van der Waals surface area (Å²) in [6, 6.07) is 7.36. The van der Waals surface area contributed by atoms with E-state index in [4.69, 9.17) is 0 Å². The number of anilines is 1. The summed E-state index contributed by atoms with van der Waals surface area (Å²) in [5.74, 6) is 1.42. The molecule has 126 valence electrons. The maximum Gasteiger partial charge on any atom is 0.133 e. The lowest BCUT2D eigenvalue weighted by molar-refractivity contribution is 0.499. The van der Waals surface area contributed by atoms with Crippen LogP contribution in [0.2, 0.25) is 0 Å². The van der Waals surface area contributed by atoms with Crippen molar-refractivity contribution < 1.29 is 4.39 Å². The Bertz CT molecular complexity index is 701. The smallest absolute Gasteiger partial charge is 0.133 e. The first kappa shape index (κ1) is 15.5. The normalized spacial score (nSPS) is 23.0. The molecule has 0 bridgehead atoms. The van der Waals surface area contributed by atoms with Gasteiger partial charge < -0.3 is 10.6 Å². The third-order valence-electron chi connectivity index (χ3n) is 5.27. The number of fused-ring (bicyclic) bond motifs is 1. The number of halogens is 1. The van der Waals surface area contributed by atoms with Crippen molar-refractivity contribution in [3.63, 3.8) is 0 Å². The van der Waals surface area contributed by atoms with Gasteiger partial charge in [0.25, 0.3) is 0 Å². The fourth-order valence-electron chi connectivity index (χ4n) is 3.98. The molecule has 1 aliphatic heterocycles. The Labute approximate surface area is 141 Å². The highest BCUT2D eigenvalue weighted by Crippen LogP contribution is 2.32. The molecule has 2 heterocycles. The van der Waals surface area contributed by atoms with E-state index in [2.05, 4.69) is 20.6 Å². The number of nitrogens with zero attached hydrogens (tertiary/aromatic N) is 2. The molecule has 4 nitrogen and oxygen atoms in total. The molecular weight excluding hydrogens is 303 g/mol. The SMILES string of the molecule is Fc1ccc(C[C@@H]2CCC[C@@H]2Nc2ncnc3c2CCNC3)cc1. The fourth-order valence-corrected chi connectivity index (χ4v) is 3.98. The molecule has 0 radical (unpaired) electrons. The molecule has 2 aliphatic rings. The van der Waals surface area contributed by atoms with E-state index in [1.807, 2.05) is 12.1 Å². The molecule has 0 unspecified atom stereocenters. The minimum Gasteiger partial charge on any atom is -0.367 e. The van der Waals surface area contributed by atoms with Crippen LogP contribution in [0.1, 0.15) is 36.1 Å². The first-order valence-corrected chi connectivity index (χ1v) is 8.84. The first-order valence-electron chi connectivity index (χ1n) is 8.84. The third kappa shape index (κ3) is 3.26. The molecule has 2 aromatic rings. The largest absolute Gasteiger partial charge is 0.367 e. The van der Waals surface area contributed by atoms with Gasteiger partial charge in [-0.2, -0.15) is 0 Å². The average molecular weight is 326 g/mol. The Morgan fingerprint density at radius 3 is 2.92 bits per heavy atom. The second kappa shape index (κ2) is 6.85. The summed E-state index contributed by atoms with van der Waals surface area (Å²) in [5, 5.41) is 7.06. The molecule has 0 spiro atoms. The Hall–Kier alpha value is -2.01. The maximum atomic E-state index is 13.1. The van der Waals surface area contributed by atoms with E-state index in [0.29, 0.717) is 12.0 Å². The predicted octanol–water partition coefficient (Wildman–Crippen LogP) is 3.08. The predicted molar refractivity (Wildman–Crippen MR) is 92.3 cm³/mol. The highest BCUT2D eigenvalue weighted by atomic mass is 19.1. The van der Waals surface area contributed by atoms with Gasteiger partial charge in [0, 0.05) is 18.2 Å². The number of hydrogen-bond donors (Lipinski definition) is 2. The van der Waals surface area contributed by atoms with E-state index in [-0.39, 0.29) is 5.82 Å². The van der Waals surface area contributed by atoms with Gasteiger partial charge in [-0.05, 0) is 55.8 Å². The van der Waals surface area contributed by atoms with Gasteiger partial charge in [0.2, 0.25) is 0 Å². The van der Waals surface area contributed by atoms with Gasteiger partial charge in [0.15, 0.2) is 0 Å². The molecule has 2 N–H and O–H groups in total. The molecule has 1 aliphatic carbocycles. The molecule has 1 aromatic heterocycles. The molecule has 1 fully saturated rings. The van der Waals surface area contributed by atoms with Gasteiger partial charge in [-0.25, -0.2) is 14.4 Å². The summed E-state index contributed by atoms with van der Waals surface area (Å²) in [4.78, 5) is 8.91. The van der Waals surface area contributed by atoms with E-state index in [0.717, 1.165) is 37.4 Å². The van der Waals surface area contributed by atoms with E-state index in [1.54, 1.807) is 18.5 Å². The zero-order valence-corrected chi connectivity index (χ0v) is 13.8. The second-order valence-electron chi connectivity index (χ2n) is 6.85. The zero-order valence-electron chi connectivity index (χ0n) is 13.8. The fraction of sp³-hybridized carbons (Fsp3) is 0.474. The average Bonchev–Trinajstić information content (AvgIpc) is 3.04. The van der Waals surface area contributed by atoms with Crippen LogP contribution >= 0.6 is 0 Å². The van der Waals surface area contributed by atoms with Gasteiger partial charge in [0.1, 0.15) is 18.0 Å². The van der Waals surface area contributed by atoms with Gasteiger partial charge in [0.05, 0.1) is 5.69 Å². The standard InChI is InChI=1S/C19H23FN4/c20-15-6-4-13(5-7-15)10-14-2-1-3-17(14)24-19-16-8-9-21-11-18(16)22-12-23-19/h4-7,12,14,17,21H,1-3,8-11H2,(H,22,23,24)/t14-,17-/m0/s1. The molecular formula is C19H23FN4. The van der Waals surface area contributed by atoms with Gasteiger partial charge >= 0.3 is 0 Å². The lowest BCUT2D eigenvalue weighted by Gasteiger charge is -2.25. The number of benzene rings is 1. The van der Waals surface area contributed by atoms with Crippen LogP contribution in [0.15, 0.2) is 30.6 Å².